The maximum absolute atomic E-state index is 11.5. The van der Waals surface area contributed by atoms with Crippen LogP contribution in [0.2, 0.25) is 0 Å². The van der Waals surface area contributed by atoms with Gasteiger partial charge < -0.3 is 16.0 Å². The van der Waals surface area contributed by atoms with Crippen molar-refractivity contribution in [3.8, 4) is 0 Å². The van der Waals surface area contributed by atoms with Gasteiger partial charge >= 0.3 is 0 Å². The Morgan fingerprint density at radius 1 is 1.47 bits per heavy atom. The predicted molar refractivity (Wildman–Crippen MR) is 84.1 cm³/mol. The third kappa shape index (κ3) is 2.97. The summed E-state index contributed by atoms with van der Waals surface area (Å²) in [7, 11) is 2.05. The van der Waals surface area contributed by atoms with Crippen molar-refractivity contribution in [1.82, 2.24) is 0 Å². The van der Waals surface area contributed by atoms with Crippen molar-refractivity contribution in [3.05, 3.63) is 17.7 Å². The van der Waals surface area contributed by atoms with E-state index in [2.05, 4.69) is 23.4 Å². The van der Waals surface area contributed by atoms with E-state index in [1.54, 1.807) is 0 Å². The van der Waals surface area contributed by atoms with Crippen molar-refractivity contribution in [1.29, 1.82) is 0 Å². The van der Waals surface area contributed by atoms with Gasteiger partial charge in [0.1, 0.15) is 0 Å². The first-order chi connectivity index (χ1) is 9.02. The highest BCUT2D eigenvalue weighted by molar-refractivity contribution is 7.98. The van der Waals surface area contributed by atoms with E-state index in [1.165, 1.54) is 0 Å². The van der Waals surface area contributed by atoms with Crippen LogP contribution in [0.1, 0.15) is 18.9 Å². The molecule has 19 heavy (non-hydrogen) atoms. The third-order valence-corrected chi connectivity index (χ3v) is 4.41. The largest absolute Gasteiger partial charge is 0.397 e. The zero-order chi connectivity index (χ0) is 14.0. The Labute approximate surface area is 118 Å². The number of carbonyl (C=O) groups excluding carboxylic acids is 1. The van der Waals surface area contributed by atoms with Crippen molar-refractivity contribution in [2.45, 2.75) is 25.8 Å². The molecule has 0 saturated carbocycles. The number of thioether (sulfide) groups is 1. The smallest absolute Gasteiger partial charge is 0.224 e. The summed E-state index contributed by atoms with van der Waals surface area (Å²) >= 11 is 1.82. The van der Waals surface area contributed by atoms with Gasteiger partial charge in [-0.15, -0.1) is 0 Å². The monoisotopic (exact) mass is 279 g/mol. The summed E-state index contributed by atoms with van der Waals surface area (Å²) < 4.78 is 0. The van der Waals surface area contributed by atoms with E-state index in [9.17, 15) is 4.79 Å². The summed E-state index contributed by atoms with van der Waals surface area (Å²) in [5.41, 5.74) is 9.96. The van der Waals surface area contributed by atoms with Crippen molar-refractivity contribution >= 4 is 34.7 Å². The second-order valence-corrected chi connectivity index (χ2v) is 5.94. The lowest BCUT2D eigenvalue weighted by Gasteiger charge is -2.29. The number of hydrogen-bond acceptors (Lipinski definition) is 4. The fourth-order valence-electron chi connectivity index (χ4n) is 2.33. The lowest BCUT2D eigenvalue weighted by Crippen LogP contribution is -2.32. The molecule has 1 aromatic carbocycles. The number of carbonyl (C=O) groups is 1. The van der Waals surface area contributed by atoms with Crippen LogP contribution in [0.5, 0.6) is 0 Å². The number of benzene rings is 1. The summed E-state index contributed by atoms with van der Waals surface area (Å²) in [6.45, 7) is 2.17. The van der Waals surface area contributed by atoms with E-state index in [-0.39, 0.29) is 5.91 Å². The van der Waals surface area contributed by atoms with Crippen LogP contribution in [0.15, 0.2) is 12.1 Å². The third-order valence-electron chi connectivity index (χ3n) is 3.60. The van der Waals surface area contributed by atoms with Gasteiger partial charge in [0.15, 0.2) is 0 Å². The van der Waals surface area contributed by atoms with Crippen molar-refractivity contribution in [2.75, 3.05) is 35.0 Å². The predicted octanol–water partition coefficient (Wildman–Crippen LogP) is 2.34. The number of hydrogen-bond donors (Lipinski definition) is 2. The van der Waals surface area contributed by atoms with E-state index in [0.717, 1.165) is 34.8 Å². The summed E-state index contributed by atoms with van der Waals surface area (Å²) in [5.74, 6) is 1.13. The van der Waals surface area contributed by atoms with Crippen molar-refractivity contribution in [3.63, 3.8) is 0 Å². The van der Waals surface area contributed by atoms with Crippen LogP contribution in [0.4, 0.5) is 17.1 Å². The molecule has 0 saturated heterocycles. The molecule has 0 aromatic heterocycles. The fraction of sp³-hybridized carbons (Fsp3) is 0.500. The first-order valence-corrected chi connectivity index (χ1v) is 7.86. The molecule has 1 amide bonds. The minimum Gasteiger partial charge on any atom is -0.397 e. The topological polar surface area (TPSA) is 58.4 Å². The average molecular weight is 279 g/mol. The van der Waals surface area contributed by atoms with Gasteiger partial charge in [0.05, 0.1) is 11.4 Å². The Morgan fingerprint density at radius 3 is 2.89 bits per heavy atom. The fourth-order valence-corrected chi connectivity index (χ4v) is 3.04. The van der Waals surface area contributed by atoms with Crippen LogP contribution in [-0.4, -0.2) is 31.0 Å². The molecule has 0 aliphatic carbocycles. The zero-order valence-corrected chi connectivity index (χ0v) is 12.5. The number of nitrogen functional groups attached to an aromatic ring is 1. The molecule has 1 heterocycles. The number of nitrogens with two attached hydrogens (primary N) is 1. The van der Waals surface area contributed by atoms with E-state index in [1.807, 2.05) is 30.9 Å². The summed E-state index contributed by atoms with van der Waals surface area (Å²) in [6.07, 6.45) is 3.42. The molecule has 2 rings (SSSR count). The van der Waals surface area contributed by atoms with Crippen LogP contribution in [0.25, 0.3) is 0 Å². The normalized spacial score (nSPS) is 15.6. The Kier molecular flexibility index (Phi) is 4.24. The highest BCUT2D eigenvalue weighted by Crippen LogP contribution is 2.33. The number of amides is 1. The Bertz CT molecular complexity index is 490. The zero-order valence-electron chi connectivity index (χ0n) is 11.7. The van der Waals surface area contributed by atoms with Crippen LogP contribution in [0, 0.1) is 0 Å². The number of fused-ring (bicyclic) bond motifs is 1. The van der Waals surface area contributed by atoms with Gasteiger partial charge in [0, 0.05) is 31.0 Å². The quantitative estimate of drug-likeness (QED) is 0.831. The lowest BCUT2D eigenvalue weighted by atomic mass is 10.0. The first-order valence-electron chi connectivity index (χ1n) is 6.47. The molecule has 1 aliphatic heterocycles. The van der Waals surface area contributed by atoms with Gasteiger partial charge in [0.2, 0.25) is 5.91 Å². The first kappa shape index (κ1) is 14.1. The molecule has 3 N–H and O–H groups in total. The van der Waals surface area contributed by atoms with Crippen LogP contribution < -0.4 is 16.0 Å². The molecular weight excluding hydrogens is 258 g/mol. The molecule has 4 nitrogen and oxygen atoms in total. The molecule has 0 spiro atoms. The minimum absolute atomic E-state index is 0.0861. The van der Waals surface area contributed by atoms with E-state index < -0.39 is 0 Å². The molecule has 0 radical (unpaired) electrons. The van der Waals surface area contributed by atoms with Crippen LogP contribution in [0.3, 0.4) is 0 Å². The Hall–Kier alpha value is -1.36. The van der Waals surface area contributed by atoms with Gasteiger partial charge in [0.25, 0.3) is 0 Å². The van der Waals surface area contributed by atoms with Gasteiger partial charge in [-0.2, -0.15) is 11.8 Å². The molecule has 1 aromatic rings. The number of nitrogens with zero attached hydrogens (tertiary/aromatic N) is 1. The molecule has 1 aliphatic rings. The number of aryl methyl sites for hydroxylation is 1. The minimum atomic E-state index is 0.0861. The molecule has 5 heteroatoms. The molecule has 104 valence electrons. The van der Waals surface area contributed by atoms with E-state index >= 15 is 0 Å². The standard InChI is InChI=1S/C14H21N3OS/c1-9(8-19-3)17(2)13-7-12-10(6-11(13)15)4-5-14(18)16-12/h6-7,9H,4-5,8,15H2,1-3H3,(H,16,18). The molecular formula is C14H21N3OS. The highest BCUT2D eigenvalue weighted by atomic mass is 32.2. The van der Waals surface area contributed by atoms with Gasteiger partial charge in [-0.25, -0.2) is 0 Å². The highest BCUT2D eigenvalue weighted by Gasteiger charge is 2.19. The Balaban J connectivity index is 2.31. The number of nitrogens with one attached hydrogen (secondary N) is 1. The summed E-state index contributed by atoms with van der Waals surface area (Å²) in [4.78, 5) is 13.6. The average Bonchev–Trinajstić information content (AvgIpc) is 2.38. The molecule has 0 bridgehead atoms. The van der Waals surface area contributed by atoms with Crippen molar-refractivity contribution < 1.29 is 4.79 Å². The second-order valence-electron chi connectivity index (χ2n) is 5.03. The van der Waals surface area contributed by atoms with Gasteiger partial charge in [-0.3, -0.25) is 4.79 Å². The maximum atomic E-state index is 11.5. The number of anilines is 3. The van der Waals surface area contributed by atoms with E-state index in [4.69, 9.17) is 5.73 Å². The van der Waals surface area contributed by atoms with Gasteiger partial charge in [-0.05, 0) is 37.3 Å². The maximum Gasteiger partial charge on any atom is 0.224 e. The Morgan fingerprint density at radius 2 is 2.21 bits per heavy atom. The van der Waals surface area contributed by atoms with Crippen LogP contribution >= 0.6 is 11.8 Å². The lowest BCUT2D eigenvalue weighted by molar-refractivity contribution is -0.116. The van der Waals surface area contributed by atoms with Crippen molar-refractivity contribution in [2.24, 2.45) is 0 Å². The molecule has 1 unspecified atom stereocenters. The molecule has 0 fully saturated rings. The SMILES string of the molecule is CSCC(C)N(C)c1cc2c(cc1N)CCC(=O)N2. The van der Waals surface area contributed by atoms with Gasteiger partial charge in [-0.1, -0.05) is 0 Å². The summed E-state index contributed by atoms with van der Waals surface area (Å²) in [6, 6.07) is 4.39. The van der Waals surface area contributed by atoms with Crippen LogP contribution in [-0.2, 0) is 11.2 Å². The second kappa shape index (κ2) is 5.74. The number of rotatable bonds is 4. The molecule has 1 atom stereocenters. The van der Waals surface area contributed by atoms with E-state index in [0.29, 0.717) is 12.5 Å². The summed E-state index contributed by atoms with van der Waals surface area (Å²) in [5, 5.41) is 2.93.